The maximum Gasteiger partial charge on any atom is 0.269 e. The Balaban J connectivity index is 2.47. The van der Waals surface area contributed by atoms with Crippen molar-refractivity contribution in [2.24, 2.45) is 0 Å². The van der Waals surface area contributed by atoms with Gasteiger partial charge >= 0.3 is 0 Å². The molecule has 2 aromatic rings. The van der Waals surface area contributed by atoms with Crippen LogP contribution >= 0.6 is 0 Å². The third-order valence-corrected chi connectivity index (χ3v) is 3.98. The fourth-order valence-electron chi connectivity index (χ4n) is 2.17. The molecule has 0 aliphatic heterocycles. The van der Waals surface area contributed by atoms with E-state index >= 15 is 0 Å². The lowest BCUT2D eigenvalue weighted by Crippen LogP contribution is -2.22. The fraction of sp³-hybridized carbons (Fsp3) is 0.143. The Labute approximate surface area is 141 Å². The van der Waals surface area contributed by atoms with Crippen molar-refractivity contribution in [2.75, 3.05) is 0 Å². The highest BCUT2D eigenvalue weighted by molar-refractivity contribution is 7.85. The molecule has 0 aliphatic rings. The summed E-state index contributed by atoms with van der Waals surface area (Å²) in [4.78, 5) is 22.1. The average Bonchev–Trinajstić information content (AvgIpc) is 2.50. The van der Waals surface area contributed by atoms with Gasteiger partial charge in [0, 0.05) is 18.2 Å². The number of aromatic hydroxyl groups is 1. The number of nitrogens with zero attached hydrogens (tertiary/aromatic N) is 3. The Morgan fingerprint density at radius 2 is 1.88 bits per heavy atom. The SMILES string of the molecule is N#Cc1c(CS(=O)(=O)O)cc(=O)n(Cc2ccc([N+](=O)[O-])cc2)c1O. The molecule has 0 saturated heterocycles. The van der Waals surface area contributed by atoms with Crippen LogP contribution < -0.4 is 5.56 Å². The standard InChI is InChI=1S/C14H11N3O7S/c15-6-12-10(8-25(22,23)24)5-13(18)16(14(12)19)7-9-1-3-11(4-2-9)17(20)21/h1-5,19H,7-8H2,(H,22,23,24). The summed E-state index contributed by atoms with van der Waals surface area (Å²) in [6.07, 6.45) is 0. The maximum absolute atomic E-state index is 12.1. The number of nitriles is 1. The van der Waals surface area contributed by atoms with Gasteiger partial charge in [0.15, 0.2) is 0 Å². The second kappa shape index (κ2) is 6.71. The minimum Gasteiger partial charge on any atom is -0.493 e. The first-order valence-electron chi connectivity index (χ1n) is 6.66. The van der Waals surface area contributed by atoms with E-state index in [0.29, 0.717) is 5.56 Å². The summed E-state index contributed by atoms with van der Waals surface area (Å²) in [7, 11) is -4.50. The zero-order chi connectivity index (χ0) is 18.8. The lowest BCUT2D eigenvalue weighted by Gasteiger charge is -2.12. The number of pyridine rings is 1. The maximum atomic E-state index is 12.1. The predicted octanol–water partition coefficient (Wildman–Crippen LogP) is 0.770. The van der Waals surface area contributed by atoms with Crippen molar-refractivity contribution in [3.63, 3.8) is 0 Å². The third kappa shape index (κ3) is 4.19. The molecule has 0 saturated carbocycles. The molecule has 1 aromatic carbocycles. The second-order valence-corrected chi connectivity index (χ2v) is 6.51. The van der Waals surface area contributed by atoms with E-state index in [1.807, 2.05) is 0 Å². The van der Waals surface area contributed by atoms with E-state index in [0.717, 1.165) is 10.6 Å². The molecule has 0 fully saturated rings. The van der Waals surface area contributed by atoms with Gasteiger partial charge in [0.05, 0.1) is 11.5 Å². The first-order chi connectivity index (χ1) is 11.6. The number of hydrogen-bond acceptors (Lipinski definition) is 7. The summed E-state index contributed by atoms with van der Waals surface area (Å²) in [5, 5.41) is 29.8. The first-order valence-corrected chi connectivity index (χ1v) is 8.27. The van der Waals surface area contributed by atoms with E-state index in [1.54, 1.807) is 6.07 Å². The number of aromatic nitrogens is 1. The van der Waals surface area contributed by atoms with Crippen molar-refractivity contribution in [1.29, 1.82) is 5.26 Å². The van der Waals surface area contributed by atoms with Crippen LogP contribution in [0.5, 0.6) is 5.88 Å². The van der Waals surface area contributed by atoms with Crippen molar-refractivity contribution < 1.29 is 23.0 Å². The Morgan fingerprint density at radius 1 is 1.28 bits per heavy atom. The lowest BCUT2D eigenvalue weighted by molar-refractivity contribution is -0.384. The highest BCUT2D eigenvalue weighted by Crippen LogP contribution is 2.21. The van der Waals surface area contributed by atoms with Crippen LogP contribution in [0.3, 0.4) is 0 Å². The molecule has 2 N–H and O–H groups in total. The summed E-state index contributed by atoms with van der Waals surface area (Å²) in [6, 6.07) is 7.61. The van der Waals surface area contributed by atoms with E-state index in [2.05, 4.69) is 0 Å². The van der Waals surface area contributed by atoms with E-state index in [-0.39, 0.29) is 17.8 Å². The van der Waals surface area contributed by atoms with Crippen molar-refractivity contribution in [3.05, 3.63) is 67.5 Å². The third-order valence-electron chi connectivity index (χ3n) is 3.30. The molecule has 2 rings (SSSR count). The molecule has 1 aromatic heterocycles. The van der Waals surface area contributed by atoms with Crippen LogP contribution in [0.1, 0.15) is 16.7 Å². The zero-order valence-electron chi connectivity index (χ0n) is 12.5. The van der Waals surface area contributed by atoms with Crippen LogP contribution in [-0.4, -0.2) is 27.6 Å². The summed E-state index contributed by atoms with van der Waals surface area (Å²) >= 11 is 0. The smallest absolute Gasteiger partial charge is 0.269 e. The number of non-ortho nitro benzene ring substituents is 1. The fourth-order valence-corrected chi connectivity index (χ4v) is 2.79. The van der Waals surface area contributed by atoms with Crippen LogP contribution in [0.15, 0.2) is 35.1 Å². The monoisotopic (exact) mass is 365 g/mol. The number of hydrogen-bond donors (Lipinski definition) is 2. The van der Waals surface area contributed by atoms with Gasteiger partial charge in [-0.2, -0.15) is 13.7 Å². The predicted molar refractivity (Wildman–Crippen MR) is 84.5 cm³/mol. The van der Waals surface area contributed by atoms with E-state index < -0.39 is 37.8 Å². The Bertz CT molecular complexity index is 1030. The zero-order valence-corrected chi connectivity index (χ0v) is 13.3. The number of rotatable bonds is 5. The molecule has 0 radical (unpaired) electrons. The molecule has 0 atom stereocenters. The first kappa shape index (κ1) is 18.1. The average molecular weight is 365 g/mol. The van der Waals surface area contributed by atoms with Crippen LogP contribution in [0, 0.1) is 21.4 Å². The molecule has 25 heavy (non-hydrogen) atoms. The summed E-state index contributed by atoms with van der Waals surface area (Å²) in [6.45, 7) is -0.191. The topological polar surface area (TPSA) is 164 Å². The van der Waals surface area contributed by atoms with Gasteiger partial charge in [-0.3, -0.25) is 24.0 Å². The van der Waals surface area contributed by atoms with Gasteiger partial charge < -0.3 is 5.11 Å². The van der Waals surface area contributed by atoms with Gasteiger partial charge in [-0.25, -0.2) is 0 Å². The Kier molecular flexibility index (Phi) is 4.87. The van der Waals surface area contributed by atoms with Crippen LogP contribution in [0.4, 0.5) is 5.69 Å². The number of nitro benzene ring substituents is 1. The minimum absolute atomic E-state index is 0.151. The van der Waals surface area contributed by atoms with Crippen molar-refractivity contribution in [3.8, 4) is 11.9 Å². The van der Waals surface area contributed by atoms with Gasteiger partial charge in [-0.1, -0.05) is 12.1 Å². The van der Waals surface area contributed by atoms with Crippen molar-refractivity contribution in [2.45, 2.75) is 12.3 Å². The number of benzene rings is 1. The van der Waals surface area contributed by atoms with E-state index in [4.69, 9.17) is 9.81 Å². The molecular formula is C14H11N3O7S. The molecule has 130 valence electrons. The van der Waals surface area contributed by atoms with Gasteiger partial charge in [0.25, 0.3) is 21.4 Å². The molecule has 0 aliphatic carbocycles. The van der Waals surface area contributed by atoms with Crippen molar-refractivity contribution >= 4 is 15.8 Å². The summed E-state index contributed by atoms with van der Waals surface area (Å²) in [5.41, 5.74) is -1.30. The van der Waals surface area contributed by atoms with Gasteiger partial charge in [0.2, 0.25) is 5.88 Å². The molecule has 11 heteroatoms. The van der Waals surface area contributed by atoms with Crippen LogP contribution in [0.25, 0.3) is 0 Å². The Hall–Kier alpha value is -3.23. The molecule has 0 unspecified atom stereocenters. The molecule has 0 amide bonds. The van der Waals surface area contributed by atoms with Gasteiger partial charge in [-0.05, 0) is 11.1 Å². The summed E-state index contributed by atoms with van der Waals surface area (Å²) in [5.74, 6) is -1.75. The normalized spacial score (nSPS) is 11.0. The minimum atomic E-state index is -4.50. The van der Waals surface area contributed by atoms with E-state index in [1.165, 1.54) is 24.3 Å². The van der Waals surface area contributed by atoms with Gasteiger partial charge in [0.1, 0.15) is 17.4 Å². The highest BCUT2D eigenvalue weighted by Gasteiger charge is 2.19. The van der Waals surface area contributed by atoms with Crippen molar-refractivity contribution in [1.82, 2.24) is 4.57 Å². The Morgan fingerprint density at radius 3 is 2.36 bits per heavy atom. The second-order valence-electron chi connectivity index (χ2n) is 5.05. The van der Waals surface area contributed by atoms with E-state index in [9.17, 15) is 28.4 Å². The number of nitro groups is 1. The van der Waals surface area contributed by atoms with Gasteiger partial charge in [-0.15, -0.1) is 0 Å². The summed E-state index contributed by atoms with van der Waals surface area (Å²) < 4.78 is 31.6. The lowest BCUT2D eigenvalue weighted by atomic mass is 10.1. The molecule has 10 nitrogen and oxygen atoms in total. The molecule has 1 heterocycles. The highest BCUT2D eigenvalue weighted by atomic mass is 32.2. The molecule has 0 bridgehead atoms. The van der Waals surface area contributed by atoms with Crippen LogP contribution in [-0.2, 0) is 22.4 Å². The van der Waals surface area contributed by atoms with Crippen LogP contribution in [0.2, 0.25) is 0 Å². The largest absolute Gasteiger partial charge is 0.493 e. The quantitative estimate of drug-likeness (QED) is 0.445. The molecule has 0 spiro atoms. The molecular weight excluding hydrogens is 354 g/mol.